The Kier molecular flexibility index (Phi) is 7.36. The molecule has 0 spiro atoms. The molecule has 0 aliphatic carbocycles. The Hall–Kier alpha value is -1.78. The molecule has 4 heteroatoms. The van der Waals surface area contributed by atoms with E-state index in [0.29, 0.717) is 6.54 Å². The molecular formula is C23H30N2OS. The second-order valence-corrected chi connectivity index (χ2v) is 8.74. The Labute approximate surface area is 167 Å². The molecule has 1 amide bonds. The normalized spacial score (nSPS) is 15.6. The Bertz CT molecular complexity index is 719. The lowest BCUT2D eigenvalue weighted by atomic mass is 9.99. The van der Waals surface area contributed by atoms with Crippen LogP contribution in [0.15, 0.2) is 53.4 Å². The van der Waals surface area contributed by atoms with Crippen molar-refractivity contribution in [3.05, 3.63) is 65.2 Å². The molecule has 1 N–H and O–H groups in total. The predicted octanol–water partition coefficient (Wildman–Crippen LogP) is 4.75. The van der Waals surface area contributed by atoms with E-state index in [9.17, 15) is 4.79 Å². The van der Waals surface area contributed by atoms with Crippen LogP contribution < -0.4 is 5.32 Å². The van der Waals surface area contributed by atoms with Gasteiger partial charge in [-0.15, -0.1) is 11.8 Å². The van der Waals surface area contributed by atoms with E-state index in [2.05, 4.69) is 60.5 Å². The van der Waals surface area contributed by atoms with Crippen molar-refractivity contribution in [2.45, 2.75) is 38.1 Å². The van der Waals surface area contributed by atoms with E-state index in [1.807, 2.05) is 12.1 Å². The summed E-state index contributed by atoms with van der Waals surface area (Å²) >= 11 is 1.77. The highest BCUT2D eigenvalue weighted by Crippen LogP contribution is 2.19. The number of hydrogen-bond acceptors (Lipinski definition) is 3. The molecule has 0 saturated carbocycles. The minimum absolute atomic E-state index is 0.0119. The first-order valence-corrected chi connectivity index (χ1v) is 10.9. The summed E-state index contributed by atoms with van der Waals surface area (Å²) in [7, 11) is 0. The van der Waals surface area contributed by atoms with Gasteiger partial charge in [0.1, 0.15) is 0 Å². The molecule has 1 fully saturated rings. The summed E-state index contributed by atoms with van der Waals surface area (Å²) in [5.41, 5.74) is 3.30. The van der Waals surface area contributed by atoms with Gasteiger partial charge in [0.2, 0.25) is 0 Å². The van der Waals surface area contributed by atoms with Crippen molar-refractivity contribution >= 4 is 17.7 Å². The molecule has 3 nitrogen and oxygen atoms in total. The van der Waals surface area contributed by atoms with Gasteiger partial charge in [0.25, 0.3) is 5.91 Å². The van der Waals surface area contributed by atoms with E-state index >= 15 is 0 Å². The zero-order valence-corrected chi connectivity index (χ0v) is 17.2. The highest BCUT2D eigenvalue weighted by Gasteiger charge is 2.15. The Morgan fingerprint density at radius 3 is 2.41 bits per heavy atom. The van der Waals surface area contributed by atoms with Crippen molar-refractivity contribution in [1.82, 2.24) is 10.2 Å². The first-order chi connectivity index (χ1) is 13.1. The van der Waals surface area contributed by atoms with Crippen molar-refractivity contribution in [2.24, 2.45) is 5.92 Å². The first-order valence-electron chi connectivity index (χ1n) is 9.89. The van der Waals surface area contributed by atoms with Gasteiger partial charge in [-0.2, -0.15) is 0 Å². The van der Waals surface area contributed by atoms with Crippen molar-refractivity contribution in [2.75, 3.05) is 25.4 Å². The zero-order valence-electron chi connectivity index (χ0n) is 16.4. The number of nitrogens with zero attached hydrogens (tertiary/aromatic N) is 1. The van der Waals surface area contributed by atoms with E-state index in [1.54, 1.807) is 11.8 Å². The highest BCUT2D eigenvalue weighted by atomic mass is 32.2. The van der Waals surface area contributed by atoms with Crippen LogP contribution in [0.25, 0.3) is 0 Å². The van der Waals surface area contributed by atoms with Crippen LogP contribution in [0.4, 0.5) is 0 Å². The fourth-order valence-corrected chi connectivity index (χ4v) is 4.08. The molecule has 2 aromatic rings. The van der Waals surface area contributed by atoms with Crippen LogP contribution in [0.2, 0.25) is 0 Å². The monoisotopic (exact) mass is 382 g/mol. The summed E-state index contributed by atoms with van der Waals surface area (Å²) in [4.78, 5) is 16.1. The summed E-state index contributed by atoms with van der Waals surface area (Å²) in [6.07, 6.45) is 2.59. The number of aryl methyl sites for hydroxylation is 1. The third kappa shape index (κ3) is 6.40. The number of likely N-dealkylation sites (tertiary alicyclic amines) is 1. The molecule has 0 unspecified atom stereocenters. The van der Waals surface area contributed by atoms with Gasteiger partial charge < -0.3 is 5.32 Å². The van der Waals surface area contributed by atoms with Gasteiger partial charge in [0, 0.05) is 29.3 Å². The number of amides is 1. The summed E-state index contributed by atoms with van der Waals surface area (Å²) in [5, 5.41) is 3.02. The number of rotatable bonds is 7. The smallest absolute Gasteiger partial charge is 0.251 e. The van der Waals surface area contributed by atoms with Gasteiger partial charge in [-0.05, 0) is 68.6 Å². The molecule has 1 aliphatic heterocycles. The molecular weight excluding hydrogens is 352 g/mol. The molecule has 0 atom stereocenters. The van der Waals surface area contributed by atoms with Crippen molar-refractivity contribution < 1.29 is 4.79 Å². The number of carbonyl (C=O) groups excluding carboxylic acids is 1. The van der Waals surface area contributed by atoms with Crippen molar-refractivity contribution in [1.29, 1.82) is 0 Å². The van der Waals surface area contributed by atoms with E-state index in [4.69, 9.17) is 0 Å². The molecule has 144 valence electrons. The molecule has 27 heavy (non-hydrogen) atoms. The average molecular weight is 383 g/mol. The first kappa shape index (κ1) is 20.0. The quantitative estimate of drug-likeness (QED) is 0.554. The van der Waals surface area contributed by atoms with Crippen LogP contribution in [0.1, 0.15) is 41.3 Å². The summed E-state index contributed by atoms with van der Waals surface area (Å²) in [6, 6.07) is 16.6. The molecule has 1 heterocycles. The van der Waals surface area contributed by atoms with Gasteiger partial charge in [0.05, 0.1) is 0 Å². The zero-order chi connectivity index (χ0) is 19.1. The second-order valence-electron chi connectivity index (χ2n) is 7.57. The lowest BCUT2D eigenvalue weighted by Gasteiger charge is -2.30. The minimum atomic E-state index is 0.0119. The summed E-state index contributed by atoms with van der Waals surface area (Å²) in [5.74, 6) is 1.75. The predicted molar refractivity (Wildman–Crippen MR) is 114 cm³/mol. The van der Waals surface area contributed by atoms with E-state index < -0.39 is 0 Å². The van der Waals surface area contributed by atoms with Crippen LogP contribution >= 0.6 is 11.8 Å². The maximum absolute atomic E-state index is 12.3. The Morgan fingerprint density at radius 2 is 1.74 bits per heavy atom. The second kappa shape index (κ2) is 9.95. The molecule has 2 aromatic carbocycles. The van der Waals surface area contributed by atoms with E-state index in [-0.39, 0.29) is 5.91 Å². The molecule has 3 rings (SSSR count). The van der Waals surface area contributed by atoms with Crippen LogP contribution in [-0.2, 0) is 6.54 Å². The maximum atomic E-state index is 12.3. The molecule has 1 aliphatic rings. The highest BCUT2D eigenvalue weighted by molar-refractivity contribution is 7.99. The van der Waals surface area contributed by atoms with Crippen molar-refractivity contribution in [3.8, 4) is 0 Å². The van der Waals surface area contributed by atoms with Gasteiger partial charge in [-0.25, -0.2) is 0 Å². The molecule has 0 bridgehead atoms. The lowest BCUT2D eigenvalue weighted by molar-refractivity contribution is 0.0956. The van der Waals surface area contributed by atoms with Crippen LogP contribution in [-0.4, -0.2) is 36.2 Å². The number of thioether (sulfide) groups is 1. The van der Waals surface area contributed by atoms with Gasteiger partial charge >= 0.3 is 0 Å². The van der Waals surface area contributed by atoms with E-state index in [0.717, 1.165) is 23.8 Å². The number of benzene rings is 2. The average Bonchev–Trinajstić information content (AvgIpc) is 2.69. The van der Waals surface area contributed by atoms with E-state index in [1.165, 1.54) is 42.0 Å². The summed E-state index contributed by atoms with van der Waals surface area (Å²) in [6.45, 7) is 8.45. The van der Waals surface area contributed by atoms with Crippen LogP contribution in [0, 0.1) is 12.8 Å². The lowest BCUT2D eigenvalue weighted by Crippen LogP contribution is -2.32. The van der Waals surface area contributed by atoms with Gasteiger partial charge in [0.15, 0.2) is 0 Å². The molecule has 1 saturated heterocycles. The Morgan fingerprint density at radius 1 is 1.07 bits per heavy atom. The number of piperidine rings is 1. The van der Waals surface area contributed by atoms with Gasteiger partial charge in [-0.1, -0.05) is 36.8 Å². The third-order valence-corrected chi connectivity index (χ3v) is 6.19. The maximum Gasteiger partial charge on any atom is 0.251 e. The topological polar surface area (TPSA) is 32.3 Å². The Balaban J connectivity index is 1.40. The third-order valence-electron chi connectivity index (χ3n) is 5.18. The largest absolute Gasteiger partial charge is 0.351 e. The fourth-order valence-electron chi connectivity index (χ4n) is 3.31. The molecule has 0 radical (unpaired) electrons. The van der Waals surface area contributed by atoms with Crippen LogP contribution in [0.3, 0.4) is 0 Å². The van der Waals surface area contributed by atoms with Crippen molar-refractivity contribution in [3.63, 3.8) is 0 Å². The number of carbonyl (C=O) groups is 1. The van der Waals surface area contributed by atoms with Crippen LogP contribution in [0.5, 0.6) is 0 Å². The van der Waals surface area contributed by atoms with Gasteiger partial charge in [-0.3, -0.25) is 9.69 Å². The summed E-state index contributed by atoms with van der Waals surface area (Å²) < 4.78 is 0. The fraction of sp³-hybridized carbons (Fsp3) is 0.435. The molecule has 0 aromatic heterocycles. The standard InChI is InChI=1S/C23H30N2OS/c1-18-3-9-22(10-4-18)27-16-13-24-23(26)21-7-5-20(6-8-21)17-25-14-11-19(2)12-15-25/h3-10,19H,11-17H2,1-2H3,(H,24,26). The number of hydrogen-bond donors (Lipinski definition) is 1. The minimum Gasteiger partial charge on any atom is -0.351 e. The number of nitrogens with one attached hydrogen (secondary N) is 1. The SMILES string of the molecule is Cc1ccc(SCCNC(=O)c2ccc(CN3CCC(C)CC3)cc2)cc1.